The van der Waals surface area contributed by atoms with E-state index in [0.717, 1.165) is 36.7 Å². The van der Waals surface area contributed by atoms with Crippen molar-refractivity contribution in [2.24, 2.45) is 0 Å². The first kappa shape index (κ1) is 39.3. The Labute approximate surface area is 243 Å². The molecule has 0 saturated carbocycles. The smallest absolute Gasteiger partial charge is 0.0342 e. The molecule has 3 N–H and O–H groups in total. The van der Waals surface area contributed by atoms with Crippen LogP contribution in [0.3, 0.4) is 0 Å². The zero-order valence-corrected chi connectivity index (χ0v) is 23.8. The van der Waals surface area contributed by atoms with Gasteiger partial charge in [-0.05, 0) is 36.4 Å². The van der Waals surface area contributed by atoms with Gasteiger partial charge in [0.05, 0.1) is 0 Å². The summed E-state index contributed by atoms with van der Waals surface area (Å²) in [6, 6.07) is 30.2. The Hall–Kier alpha value is -1.89. The van der Waals surface area contributed by atoms with Crippen LogP contribution >= 0.6 is 0 Å². The van der Waals surface area contributed by atoms with Gasteiger partial charge in [0.25, 0.3) is 0 Å². The molecule has 0 aliphatic carbocycles. The monoisotopic (exact) mass is 675 g/mol. The van der Waals surface area contributed by atoms with E-state index in [-0.39, 0.29) is 63.8 Å². The van der Waals surface area contributed by atoms with Gasteiger partial charge in [-0.2, -0.15) is 0 Å². The number of hydrogen-bond acceptors (Lipinski definition) is 3. The van der Waals surface area contributed by atoms with E-state index in [4.69, 9.17) is 0 Å². The second-order valence-corrected chi connectivity index (χ2v) is 6.11. The van der Waals surface area contributed by atoms with E-state index in [0.29, 0.717) is 0 Å². The Balaban J connectivity index is -0.000000187. The van der Waals surface area contributed by atoms with Crippen molar-refractivity contribution >= 4 is 17.1 Å². The average molecular weight is 676 g/mol. The van der Waals surface area contributed by atoms with Crippen molar-refractivity contribution in [3.05, 3.63) is 129 Å². The van der Waals surface area contributed by atoms with Crippen molar-refractivity contribution in [2.75, 3.05) is 35.6 Å². The summed E-state index contributed by atoms with van der Waals surface area (Å²) >= 11 is 0. The van der Waals surface area contributed by atoms with Crippen molar-refractivity contribution in [2.45, 2.75) is 0 Å². The van der Waals surface area contributed by atoms with E-state index in [2.05, 4.69) is 35.7 Å². The predicted molar refractivity (Wildman–Crippen MR) is 135 cm³/mol. The molecule has 2 radical (unpaired) electrons. The fraction of sp³-hybridized carbons (Fsp3) is 0.111. The van der Waals surface area contributed by atoms with Crippen LogP contribution in [-0.4, -0.2) is 19.6 Å². The third-order valence-electron chi connectivity index (χ3n) is 3.67. The number of hydrogen-bond donors (Lipinski definition) is 3. The molecule has 0 bridgehead atoms. The maximum Gasteiger partial charge on any atom is 0.0342 e. The van der Waals surface area contributed by atoms with Crippen LogP contribution in [0.4, 0.5) is 17.1 Å². The van der Waals surface area contributed by atoms with Gasteiger partial charge < -0.3 is 40.8 Å². The number of halogens is 2. The van der Waals surface area contributed by atoms with Crippen molar-refractivity contribution in [1.29, 1.82) is 0 Å². The summed E-state index contributed by atoms with van der Waals surface area (Å²) in [5.74, 6) is 0. The van der Waals surface area contributed by atoms with Gasteiger partial charge in [-0.25, -0.2) is 0 Å². The molecular weight excluding hydrogens is 643 g/mol. The Kier molecular flexibility index (Phi) is 33.7. The maximum absolute atomic E-state index is 3.61. The minimum absolute atomic E-state index is 0. The van der Waals surface area contributed by atoms with Crippen molar-refractivity contribution in [1.82, 2.24) is 0 Å². The first-order chi connectivity index (χ1) is 14.8. The molecular formula is C27H33Cl2N3Rh2-2. The van der Waals surface area contributed by atoms with E-state index in [1.165, 1.54) is 0 Å². The second-order valence-electron chi connectivity index (χ2n) is 6.11. The molecule has 190 valence electrons. The fourth-order valence-corrected chi connectivity index (χ4v) is 2.24. The van der Waals surface area contributed by atoms with Crippen molar-refractivity contribution in [3.63, 3.8) is 0 Å². The second kappa shape index (κ2) is 29.1. The van der Waals surface area contributed by atoms with Crippen LogP contribution in [0.25, 0.3) is 0 Å². The average Bonchev–Trinajstić information content (AvgIpc) is 2.83. The Bertz CT molecular complexity index is 708. The fourth-order valence-electron chi connectivity index (χ4n) is 2.24. The first-order valence-corrected chi connectivity index (χ1v) is 9.99. The molecule has 0 fully saturated rings. The molecule has 3 aromatic rings. The summed E-state index contributed by atoms with van der Waals surface area (Å²) in [7, 11) is 0. The maximum atomic E-state index is 3.61. The van der Waals surface area contributed by atoms with E-state index < -0.39 is 0 Å². The summed E-state index contributed by atoms with van der Waals surface area (Å²) in [6.07, 6.45) is 5.52. The van der Waals surface area contributed by atoms with Crippen LogP contribution in [0.15, 0.2) is 129 Å². The molecule has 0 saturated heterocycles. The predicted octanol–water partition coefficient (Wildman–Crippen LogP) is 0.857. The number of rotatable bonds is 9. The van der Waals surface area contributed by atoms with E-state index >= 15 is 0 Å². The third-order valence-corrected chi connectivity index (χ3v) is 3.67. The number of anilines is 3. The van der Waals surface area contributed by atoms with Gasteiger partial charge >= 0.3 is 0 Å². The van der Waals surface area contributed by atoms with Crippen LogP contribution in [0.1, 0.15) is 0 Å². The molecule has 3 aromatic carbocycles. The van der Waals surface area contributed by atoms with Gasteiger partial charge in [0.2, 0.25) is 0 Å². The molecule has 0 unspecified atom stereocenters. The van der Waals surface area contributed by atoms with Crippen molar-refractivity contribution < 1.29 is 63.8 Å². The normalized spacial score (nSPS) is 7.76. The third kappa shape index (κ3) is 21.9. The summed E-state index contributed by atoms with van der Waals surface area (Å²) < 4.78 is 0. The Morgan fingerprint density at radius 2 is 0.647 bits per heavy atom. The molecule has 0 spiro atoms. The SMILES string of the molecule is C=CCNc1ccccc1.C=CCNc1ccccc1.C=CCNc1ccccc1.[Cl-].[Cl-].[Rh].[Rh]. The number of benzene rings is 3. The molecule has 0 aliphatic heterocycles. The molecule has 3 nitrogen and oxygen atoms in total. The number of nitrogens with one attached hydrogen (secondary N) is 3. The summed E-state index contributed by atoms with van der Waals surface area (Å²) in [4.78, 5) is 0. The molecule has 3 rings (SSSR count). The molecule has 0 aromatic heterocycles. The van der Waals surface area contributed by atoms with Gasteiger partial charge in [-0.1, -0.05) is 72.8 Å². The molecule has 0 heterocycles. The summed E-state index contributed by atoms with van der Waals surface area (Å²) in [5.41, 5.74) is 3.42. The quantitative estimate of drug-likeness (QED) is 0.233. The summed E-state index contributed by atoms with van der Waals surface area (Å²) in [5, 5.41) is 9.53. The van der Waals surface area contributed by atoms with E-state index in [1.54, 1.807) is 0 Å². The van der Waals surface area contributed by atoms with Crippen LogP contribution in [0.2, 0.25) is 0 Å². The Morgan fingerprint density at radius 1 is 0.441 bits per heavy atom. The minimum Gasteiger partial charge on any atom is -1.00 e. The van der Waals surface area contributed by atoms with Gasteiger partial charge in [0.15, 0.2) is 0 Å². The standard InChI is InChI=1S/3C9H11N.2ClH.2Rh/c3*1-2-8-10-9-6-4-3-5-7-9;;;;/h3*2-7,10H,1,8H2;2*1H;;/p-2. The Morgan fingerprint density at radius 3 is 0.824 bits per heavy atom. The molecule has 0 aliphatic rings. The van der Waals surface area contributed by atoms with E-state index in [9.17, 15) is 0 Å². The topological polar surface area (TPSA) is 36.1 Å². The van der Waals surface area contributed by atoms with Gasteiger partial charge in [0, 0.05) is 75.7 Å². The van der Waals surface area contributed by atoms with Gasteiger partial charge in [0.1, 0.15) is 0 Å². The molecule has 0 amide bonds. The summed E-state index contributed by atoms with van der Waals surface area (Å²) in [6.45, 7) is 13.3. The molecule has 0 atom stereocenters. The number of para-hydroxylation sites is 3. The first-order valence-electron chi connectivity index (χ1n) is 9.99. The van der Waals surface area contributed by atoms with Crippen LogP contribution in [0, 0.1) is 0 Å². The zero-order valence-electron chi connectivity index (χ0n) is 19.1. The van der Waals surface area contributed by atoms with Crippen LogP contribution < -0.4 is 40.8 Å². The molecule has 7 heteroatoms. The van der Waals surface area contributed by atoms with Gasteiger partial charge in [-0.15, -0.1) is 19.7 Å². The largest absolute Gasteiger partial charge is 1.00 e. The minimum atomic E-state index is 0. The molecule has 34 heavy (non-hydrogen) atoms. The van der Waals surface area contributed by atoms with Gasteiger partial charge in [-0.3, -0.25) is 0 Å². The van der Waals surface area contributed by atoms with Crippen molar-refractivity contribution in [3.8, 4) is 0 Å². The van der Waals surface area contributed by atoms with Crippen LogP contribution in [-0.2, 0) is 39.0 Å². The zero-order chi connectivity index (χ0) is 21.7. The van der Waals surface area contributed by atoms with E-state index in [1.807, 2.05) is 109 Å². The van der Waals surface area contributed by atoms with Crippen LogP contribution in [0.5, 0.6) is 0 Å².